The number of halogens is 3. The highest BCUT2D eigenvalue weighted by Crippen LogP contribution is 2.48. The van der Waals surface area contributed by atoms with E-state index in [2.05, 4.69) is 14.7 Å². The minimum atomic E-state index is -4.94. The lowest BCUT2D eigenvalue weighted by atomic mass is 9.91. The molecule has 0 aliphatic carbocycles. The molecule has 0 fully saturated rings. The molecule has 1 aliphatic rings. The van der Waals surface area contributed by atoms with Gasteiger partial charge >= 0.3 is 17.8 Å². The number of aromatic nitrogens is 2. The molecule has 0 spiro atoms. The van der Waals surface area contributed by atoms with Gasteiger partial charge in [-0.15, -0.1) is 0 Å². The zero-order valence-electron chi connectivity index (χ0n) is 19.8. The Morgan fingerprint density at radius 1 is 1.22 bits per heavy atom. The monoisotopic (exact) mass is 503 g/mol. The van der Waals surface area contributed by atoms with Gasteiger partial charge in [-0.05, 0) is 43.5 Å². The Morgan fingerprint density at radius 2 is 2.00 bits per heavy atom. The molecular weight excluding hydrogens is 479 g/mol. The molecule has 0 saturated carbocycles. The number of rotatable bonds is 7. The molecule has 3 aromatic rings. The first kappa shape index (κ1) is 25.1. The number of H-pyrrole nitrogens is 1. The van der Waals surface area contributed by atoms with Crippen LogP contribution in [-0.2, 0) is 4.79 Å². The number of alkyl halides is 3. The van der Waals surface area contributed by atoms with Crippen LogP contribution in [0.5, 0.6) is 17.2 Å². The van der Waals surface area contributed by atoms with E-state index >= 15 is 0 Å². The van der Waals surface area contributed by atoms with Gasteiger partial charge in [-0.2, -0.15) is 13.2 Å². The molecule has 0 radical (unpaired) electrons. The normalized spacial score (nSPS) is 14.6. The summed E-state index contributed by atoms with van der Waals surface area (Å²) < 4.78 is 55.7. The lowest BCUT2D eigenvalue weighted by Gasteiger charge is -2.31. The molecular formula is C25H24F3N3O5. The van der Waals surface area contributed by atoms with E-state index in [-0.39, 0.29) is 18.8 Å². The molecule has 1 N–H and O–H groups in total. The van der Waals surface area contributed by atoms with Crippen LogP contribution in [0.25, 0.3) is 17.0 Å². The summed E-state index contributed by atoms with van der Waals surface area (Å²) in [6.07, 6.45) is -2.60. The fourth-order valence-corrected chi connectivity index (χ4v) is 4.30. The van der Waals surface area contributed by atoms with E-state index in [0.717, 1.165) is 10.5 Å². The fourth-order valence-electron chi connectivity index (χ4n) is 4.30. The molecule has 2 heterocycles. The van der Waals surface area contributed by atoms with Crippen molar-refractivity contribution >= 4 is 11.5 Å². The van der Waals surface area contributed by atoms with E-state index in [1.807, 2.05) is 12.1 Å². The summed E-state index contributed by atoms with van der Waals surface area (Å²) in [5, 5.41) is 3.70. The van der Waals surface area contributed by atoms with Crippen LogP contribution in [0, 0.1) is 0 Å². The van der Waals surface area contributed by atoms with Crippen molar-refractivity contribution in [3.63, 3.8) is 0 Å². The number of hydrogen-bond donors (Lipinski definition) is 1. The number of carbonyl (C=O) groups is 1. The van der Waals surface area contributed by atoms with Crippen molar-refractivity contribution < 1.29 is 32.0 Å². The van der Waals surface area contributed by atoms with Crippen molar-refractivity contribution in [2.45, 2.75) is 38.9 Å². The SMILES string of the molecule is CCC(C/C=C1\c2ccc(-c3noc(=O)[nH]3)cc2Oc2c(OC)cccc21)N(CC)C(=O)C(F)(F)F. The number of nitrogens with zero attached hydrogens (tertiary/aromatic N) is 2. The first-order valence-electron chi connectivity index (χ1n) is 11.3. The van der Waals surface area contributed by atoms with Crippen LogP contribution in [0.4, 0.5) is 13.2 Å². The molecule has 1 aliphatic heterocycles. The van der Waals surface area contributed by atoms with Gasteiger partial charge in [0.25, 0.3) is 0 Å². The van der Waals surface area contributed by atoms with Crippen LogP contribution in [-0.4, -0.2) is 46.8 Å². The molecule has 1 unspecified atom stereocenters. The third kappa shape index (κ3) is 4.73. The van der Waals surface area contributed by atoms with Gasteiger partial charge in [-0.3, -0.25) is 14.3 Å². The van der Waals surface area contributed by atoms with Crippen LogP contribution in [0.2, 0.25) is 0 Å². The van der Waals surface area contributed by atoms with Crippen LogP contribution < -0.4 is 15.2 Å². The van der Waals surface area contributed by atoms with Gasteiger partial charge in [-0.25, -0.2) is 4.79 Å². The number of aromatic amines is 1. The van der Waals surface area contributed by atoms with Crippen molar-refractivity contribution in [1.82, 2.24) is 15.0 Å². The minimum absolute atomic E-state index is 0.0661. The molecule has 11 heteroatoms. The summed E-state index contributed by atoms with van der Waals surface area (Å²) >= 11 is 0. The minimum Gasteiger partial charge on any atom is -0.493 e. The van der Waals surface area contributed by atoms with E-state index in [4.69, 9.17) is 9.47 Å². The second-order valence-electron chi connectivity index (χ2n) is 8.10. The number of para-hydroxylation sites is 1. The number of fused-ring (bicyclic) bond motifs is 2. The molecule has 2 aromatic carbocycles. The number of ether oxygens (including phenoxy) is 2. The van der Waals surface area contributed by atoms with E-state index < -0.39 is 23.9 Å². The number of amides is 1. The first-order chi connectivity index (χ1) is 17.2. The van der Waals surface area contributed by atoms with E-state index in [1.165, 1.54) is 14.0 Å². The highest BCUT2D eigenvalue weighted by Gasteiger charge is 2.43. The first-order valence-corrected chi connectivity index (χ1v) is 11.3. The van der Waals surface area contributed by atoms with E-state index in [9.17, 15) is 22.8 Å². The third-order valence-corrected chi connectivity index (χ3v) is 6.04. The van der Waals surface area contributed by atoms with Crippen molar-refractivity contribution in [2.75, 3.05) is 13.7 Å². The number of hydrogen-bond acceptors (Lipinski definition) is 6. The highest BCUT2D eigenvalue weighted by atomic mass is 19.4. The molecule has 1 atom stereocenters. The van der Waals surface area contributed by atoms with Crippen molar-refractivity contribution in [3.8, 4) is 28.6 Å². The Morgan fingerprint density at radius 3 is 2.61 bits per heavy atom. The maximum absolute atomic E-state index is 13.2. The van der Waals surface area contributed by atoms with Crippen molar-refractivity contribution in [1.29, 1.82) is 0 Å². The summed E-state index contributed by atoms with van der Waals surface area (Å²) in [5.41, 5.74) is 2.64. The van der Waals surface area contributed by atoms with Crippen LogP contribution in [0.1, 0.15) is 37.8 Å². The standard InChI is InChI=1S/C25H24F3N3O5/c1-4-15(31(5-2)23(32)25(26,27)28)10-12-16-17-11-9-14(22-29-24(33)36-30-22)13-20(17)35-21-18(16)7-6-8-19(21)34-3/h6-9,11-13,15H,4-5,10H2,1-3H3,(H,29,30,33)/b16-12+. The summed E-state index contributed by atoms with van der Waals surface area (Å²) in [6.45, 7) is 3.21. The Bertz CT molecular complexity index is 1360. The van der Waals surface area contributed by atoms with Crippen LogP contribution in [0.15, 0.2) is 51.8 Å². The average Bonchev–Trinajstić information content (AvgIpc) is 3.30. The number of benzene rings is 2. The van der Waals surface area contributed by atoms with Gasteiger partial charge in [-0.1, -0.05) is 36.4 Å². The highest BCUT2D eigenvalue weighted by molar-refractivity contribution is 5.90. The summed E-state index contributed by atoms with van der Waals surface area (Å²) in [5.74, 6) is -0.980. The fraction of sp³-hybridized carbons (Fsp3) is 0.320. The topological polar surface area (TPSA) is 97.7 Å². The van der Waals surface area contributed by atoms with Gasteiger partial charge in [0.15, 0.2) is 17.3 Å². The van der Waals surface area contributed by atoms with Crippen LogP contribution in [0.3, 0.4) is 0 Å². The Hall–Kier alpha value is -4.02. The zero-order chi connectivity index (χ0) is 26.0. The van der Waals surface area contributed by atoms with Gasteiger partial charge in [0.05, 0.1) is 7.11 Å². The molecule has 36 heavy (non-hydrogen) atoms. The molecule has 0 bridgehead atoms. The number of carbonyl (C=O) groups excluding carboxylic acids is 1. The second-order valence-corrected chi connectivity index (χ2v) is 8.10. The maximum Gasteiger partial charge on any atom is 0.471 e. The van der Waals surface area contributed by atoms with Gasteiger partial charge in [0, 0.05) is 29.3 Å². The molecule has 1 aromatic heterocycles. The summed E-state index contributed by atoms with van der Waals surface area (Å²) in [7, 11) is 1.50. The third-order valence-electron chi connectivity index (χ3n) is 6.04. The quantitative estimate of drug-likeness (QED) is 0.374. The maximum atomic E-state index is 13.2. The lowest BCUT2D eigenvalue weighted by molar-refractivity contribution is -0.187. The smallest absolute Gasteiger partial charge is 0.471 e. The largest absolute Gasteiger partial charge is 0.493 e. The summed E-state index contributed by atoms with van der Waals surface area (Å²) in [4.78, 5) is 26.7. The molecule has 190 valence electrons. The van der Waals surface area contributed by atoms with Crippen LogP contribution >= 0.6 is 0 Å². The number of methoxy groups -OCH3 is 1. The van der Waals surface area contributed by atoms with Crippen molar-refractivity contribution in [2.24, 2.45) is 0 Å². The summed E-state index contributed by atoms with van der Waals surface area (Å²) in [6, 6.07) is 9.86. The van der Waals surface area contributed by atoms with Gasteiger partial charge in [0.2, 0.25) is 0 Å². The Balaban J connectivity index is 1.78. The lowest BCUT2D eigenvalue weighted by Crippen LogP contribution is -2.46. The number of nitrogens with one attached hydrogen (secondary N) is 1. The zero-order valence-corrected chi connectivity index (χ0v) is 19.8. The second kappa shape index (κ2) is 9.92. The predicted molar refractivity (Wildman–Crippen MR) is 125 cm³/mol. The predicted octanol–water partition coefficient (Wildman–Crippen LogP) is 5.16. The molecule has 8 nitrogen and oxygen atoms in total. The molecule has 1 amide bonds. The Labute approximate surface area is 204 Å². The van der Waals surface area contributed by atoms with Gasteiger partial charge < -0.3 is 14.4 Å². The average molecular weight is 503 g/mol. The van der Waals surface area contributed by atoms with Crippen molar-refractivity contribution in [3.05, 3.63) is 64.2 Å². The molecule has 0 saturated heterocycles. The Kier molecular flexibility index (Phi) is 6.91. The van der Waals surface area contributed by atoms with Gasteiger partial charge in [0.1, 0.15) is 5.75 Å². The molecule has 4 rings (SSSR count). The van der Waals surface area contributed by atoms with E-state index in [0.29, 0.717) is 40.4 Å². The van der Waals surface area contributed by atoms with E-state index in [1.54, 1.807) is 37.3 Å².